The highest BCUT2D eigenvalue weighted by Crippen LogP contribution is 2.30. The van der Waals surface area contributed by atoms with E-state index in [0.717, 1.165) is 53.3 Å². The SMILES string of the molecule is C/C=C(\C=C(C)C)C(C)(C)C(=O)NCc1ccc(-c2cnc(Nc3cccc(C)c3)nc2NCCCNC)cc1. The molecular weight excluding hydrogens is 496 g/mol. The fourth-order valence-corrected chi connectivity index (χ4v) is 4.38. The Balaban J connectivity index is 1.76. The standard InChI is InChI=1S/C33H44N6O/c1-8-27(19-23(2)3)33(5,6)31(40)36-21-25-13-15-26(16-14-25)29-22-37-32(38-28-12-9-11-24(4)20-28)39-30(29)35-18-10-17-34-7/h8-9,11-16,19-20,22,34H,10,17-18,21H2,1-7H3,(H,36,40)(H2,35,37,38,39)/b27-8+. The van der Waals surface area contributed by atoms with Crippen molar-refractivity contribution in [2.24, 2.45) is 5.41 Å². The van der Waals surface area contributed by atoms with Crippen molar-refractivity contribution >= 4 is 23.4 Å². The summed E-state index contributed by atoms with van der Waals surface area (Å²) in [7, 11) is 1.95. The van der Waals surface area contributed by atoms with Crippen LogP contribution >= 0.6 is 0 Å². The zero-order valence-electron chi connectivity index (χ0n) is 25.0. The molecule has 1 heterocycles. The van der Waals surface area contributed by atoms with Gasteiger partial charge in [0.05, 0.1) is 5.41 Å². The largest absolute Gasteiger partial charge is 0.369 e. The number of hydrogen-bond acceptors (Lipinski definition) is 6. The summed E-state index contributed by atoms with van der Waals surface area (Å²) in [5, 5.41) is 13.1. The summed E-state index contributed by atoms with van der Waals surface area (Å²) in [5.41, 5.74) is 6.64. The van der Waals surface area contributed by atoms with E-state index in [1.54, 1.807) is 0 Å². The zero-order chi connectivity index (χ0) is 29.1. The topological polar surface area (TPSA) is 91.0 Å². The molecule has 212 valence electrons. The van der Waals surface area contributed by atoms with Gasteiger partial charge in [0, 0.05) is 30.5 Å². The Bertz CT molecular complexity index is 1340. The minimum atomic E-state index is -0.620. The number of amides is 1. The predicted molar refractivity (Wildman–Crippen MR) is 168 cm³/mol. The minimum Gasteiger partial charge on any atom is -0.369 e. The van der Waals surface area contributed by atoms with Gasteiger partial charge in [-0.05, 0) is 96.0 Å². The van der Waals surface area contributed by atoms with E-state index in [1.807, 2.05) is 78.2 Å². The number of aromatic nitrogens is 2. The lowest BCUT2D eigenvalue weighted by atomic mass is 9.82. The Morgan fingerprint density at radius 3 is 2.45 bits per heavy atom. The molecule has 4 N–H and O–H groups in total. The molecule has 0 spiro atoms. The molecule has 0 unspecified atom stereocenters. The molecule has 7 heteroatoms. The Morgan fingerprint density at radius 1 is 1.05 bits per heavy atom. The number of anilines is 3. The summed E-state index contributed by atoms with van der Waals surface area (Å²) < 4.78 is 0. The molecule has 0 aliphatic carbocycles. The van der Waals surface area contributed by atoms with E-state index in [4.69, 9.17) is 4.98 Å². The summed E-state index contributed by atoms with van der Waals surface area (Å²) in [6.07, 6.45) is 6.91. The third-order valence-electron chi connectivity index (χ3n) is 6.72. The van der Waals surface area contributed by atoms with Crippen molar-refractivity contribution in [1.29, 1.82) is 0 Å². The van der Waals surface area contributed by atoms with Gasteiger partial charge < -0.3 is 21.3 Å². The fraction of sp³-hybridized carbons (Fsp3) is 0.364. The molecule has 1 amide bonds. The smallest absolute Gasteiger partial charge is 0.230 e. The van der Waals surface area contributed by atoms with Gasteiger partial charge in [0.25, 0.3) is 0 Å². The number of nitrogens with one attached hydrogen (secondary N) is 4. The van der Waals surface area contributed by atoms with Crippen LogP contribution in [0.3, 0.4) is 0 Å². The molecule has 40 heavy (non-hydrogen) atoms. The fourth-order valence-electron chi connectivity index (χ4n) is 4.38. The van der Waals surface area contributed by atoms with Crippen LogP contribution in [0.25, 0.3) is 11.1 Å². The van der Waals surface area contributed by atoms with Gasteiger partial charge in [-0.15, -0.1) is 0 Å². The van der Waals surface area contributed by atoms with Crippen LogP contribution in [0.5, 0.6) is 0 Å². The second-order valence-electron chi connectivity index (χ2n) is 10.8. The van der Waals surface area contributed by atoms with Crippen LogP contribution in [-0.2, 0) is 11.3 Å². The van der Waals surface area contributed by atoms with Gasteiger partial charge >= 0.3 is 0 Å². The summed E-state index contributed by atoms with van der Waals surface area (Å²) >= 11 is 0. The first-order chi connectivity index (χ1) is 19.1. The van der Waals surface area contributed by atoms with Gasteiger partial charge in [-0.1, -0.05) is 54.1 Å². The average molecular weight is 541 g/mol. The van der Waals surface area contributed by atoms with Crippen LogP contribution in [0.15, 0.2) is 78.0 Å². The Kier molecular flexibility index (Phi) is 11.0. The van der Waals surface area contributed by atoms with E-state index >= 15 is 0 Å². The second-order valence-corrected chi connectivity index (χ2v) is 10.8. The molecular formula is C33H44N6O. The normalized spacial score (nSPS) is 11.6. The van der Waals surface area contributed by atoms with Gasteiger partial charge in [-0.3, -0.25) is 4.79 Å². The average Bonchev–Trinajstić information content (AvgIpc) is 2.93. The molecule has 3 rings (SSSR count). The van der Waals surface area contributed by atoms with Gasteiger partial charge in [-0.25, -0.2) is 4.98 Å². The number of allylic oxidation sites excluding steroid dienone is 3. The summed E-state index contributed by atoms with van der Waals surface area (Å²) in [6.45, 7) is 14.2. The van der Waals surface area contributed by atoms with Gasteiger partial charge in [-0.2, -0.15) is 4.98 Å². The first-order valence-electron chi connectivity index (χ1n) is 13.9. The van der Waals surface area contributed by atoms with Crippen LogP contribution in [0.2, 0.25) is 0 Å². The first kappa shape index (κ1) is 30.6. The third-order valence-corrected chi connectivity index (χ3v) is 6.72. The Hall–Kier alpha value is -3.97. The number of rotatable bonds is 13. The number of carbonyl (C=O) groups excluding carboxylic acids is 1. The van der Waals surface area contributed by atoms with Gasteiger partial charge in [0.1, 0.15) is 5.82 Å². The number of hydrogen-bond donors (Lipinski definition) is 4. The van der Waals surface area contributed by atoms with Crippen molar-refractivity contribution in [2.45, 2.75) is 54.5 Å². The van der Waals surface area contributed by atoms with Crippen LogP contribution in [0, 0.1) is 12.3 Å². The first-order valence-corrected chi connectivity index (χ1v) is 13.9. The lowest BCUT2D eigenvalue weighted by Crippen LogP contribution is -2.37. The van der Waals surface area contributed by atoms with Crippen LogP contribution in [0.4, 0.5) is 17.5 Å². The van der Waals surface area contributed by atoms with E-state index in [0.29, 0.717) is 12.5 Å². The van der Waals surface area contributed by atoms with Crippen molar-refractivity contribution < 1.29 is 4.79 Å². The van der Waals surface area contributed by atoms with Crippen molar-refractivity contribution in [3.63, 3.8) is 0 Å². The maximum atomic E-state index is 13.1. The van der Waals surface area contributed by atoms with Crippen molar-refractivity contribution in [3.05, 3.63) is 89.2 Å². The second kappa shape index (κ2) is 14.4. The quantitative estimate of drug-likeness (QED) is 0.141. The van der Waals surface area contributed by atoms with Crippen LogP contribution < -0.4 is 21.3 Å². The van der Waals surface area contributed by atoms with Crippen LogP contribution in [-0.4, -0.2) is 36.0 Å². The number of carbonyl (C=O) groups is 1. The van der Waals surface area contributed by atoms with Crippen LogP contribution in [0.1, 0.15) is 52.2 Å². The van der Waals surface area contributed by atoms with E-state index < -0.39 is 5.41 Å². The maximum Gasteiger partial charge on any atom is 0.230 e. The highest BCUT2D eigenvalue weighted by atomic mass is 16.2. The molecule has 0 aliphatic heterocycles. The monoisotopic (exact) mass is 540 g/mol. The molecule has 0 radical (unpaired) electrons. The molecule has 0 saturated carbocycles. The minimum absolute atomic E-state index is 0.000306. The summed E-state index contributed by atoms with van der Waals surface area (Å²) in [4.78, 5) is 22.5. The molecule has 7 nitrogen and oxygen atoms in total. The third kappa shape index (κ3) is 8.52. The number of aryl methyl sites for hydroxylation is 1. The molecule has 0 fully saturated rings. The van der Waals surface area contributed by atoms with E-state index in [2.05, 4.69) is 63.5 Å². The van der Waals surface area contributed by atoms with E-state index in [-0.39, 0.29) is 5.91 Å². The Morgan fingerprint density at radius 2 is 1.80 bits per heavy atom. The Labute approximate surface area is 239 Å². The maximum absolute atomic E-state index is 13.1. The molecule has 0 atom stereocenters. The van der Waals surface area contributed by atoms with E-state index in [9.17, 15) is 4.79 Å². The van der Waals surface area contributed by atoms with Gasteiger partial charge in [0.15, 0.2) is 0 Å². The van der Waals surface area contributed by atoms with Crippen molar-refractivity contribution in [2.75, 3.05) is 30.8 Å². The highest BCUT2D eigenvalue weighted by molar-refractivity contribution is 5.85. The number of benzene rings is 2. The van der Waals surface area contributed by atoms with E-state index in [1.165, 1.54) is 11.1 Å². The molecule has 1 aromatic heterocycles. The predicted octanol–water partition coefficient (Wildman–Crippen LogP) is 6.77. The molecule has 0 bridgehead atoms. The molecule has 0 saturated heterocycles. The molecule has 0 aliphatic rings. The molecule has 3 aromatic rings. The summed E-state index contributed by atoms with van der Waals surface area (Å²) in [5.74, 6) is 1.32. The van der Waals surface area contributed by atoms with Crippen molar-refractivity contribution in [1.82, 2.24) is 20.6 Å². The molecule has 2 aromatic carbocycles. The van der Waals surface area contributed by atoms with Gasteiger partial charge in [0.2, 0.25) is 11.9 Å². The lowest BCUT2D eigenvalue weighted by Gasteiger charge is -2.25. The summed E-state index contributed by atoms with van der Waals surface area (Å²) in [6, 6.07) is 16.3. The highest BCUT2D eigenvalue weighted by Gasteiger charge is 2.30. The zero-order valence-corrected chi connectivity index (χ0v) is 25.0. The number of nitrogens with zero attached hydrogens (tertiary/aromatic N) is 2. The van der Waals surface area contributed by atoms with Crippen molar-refractivity contribution in [3.8, 4) is 11.1 Å². The lowest BCUT2D eigenvalue weighted by molar-refractivity contribution is -0.127.